The lowest BCUT2D eigenvalue weighted by Crippen LogP contribution is -2.23. The first-order chi connectivity index (χ1) is 10.1. The summed E-state index contributed by atoms with van der Waals surface area (Å²) in [7, 11) is 0. The van der Waals surface area contributed by atoms with E-state index in [9.17, 15) is 4.79 Å². The minimum Gasteiger partial charge on any atom is -0.346 e. The van der Waals surface area contributed by atoms with E-state index in [-0.39, 0.29) is 5.91 Å². The molecule has 2 rings (SSSR count). The van der Waals surface area contributed by atoms with E-state index in [4.69, 9.17) is 0 Å². The third kappa shape index (κ3) is 4.88. The van der Waals surface area contributed by atoms with Crippen molar-refractivity contribution in [3.63, 3.8) is 0 Å². The first-order valence-corrected chi connectivity index (χ1v) is 7.11. The van der Waals surface area contributed by atoms with Crippen molar-refractivity contribution in [2.24, 2.45) is 5.92 Å². The molecule has 0 fully saturated rings. The molecule has 108 valence electrons. The lowest BCUT2D eigenvalue weighted by Gasteiger charge is -2.05. The normalized spacial score (nSPS) is 11.0. The maximum absolute atomic E-state index is 12.0. The summed E-state index contributed by atoms with van der Waals surface area (Å²) in [6.45, 7) is 4.71. The van der Waals surface area contributed by atoms with Crippen molar-refractivity contribution in [2.75, 3.05) is 0 Å². The number of allylic oxidation sites excluding steroid dienone is 1. The Morgan fingerprint density at radius 2 is 1.95 bits per heavy atom. The molecule has 0 saturated heterocycles. The van der Waals surface area contributed by atoms with Crippen LogP contribution in [0.5, 0.6) is 0 Å². The van der Waals surface area contributed by atoms with Crippen LogP contribution in [0.4, 0.5) is 0 Å². The molecule has 1 aromatic heterocycles. The fourth-order valence-electron chi connectivity index (χ4n) is 1.82. The highest BCUT2D eigenvalue weighted by atomic mass is 16.1. The predicted octanol–water partition coefficient (Wildman–Crippen LogP) is 3.68. The summed E-state index contributed by atoms with van der Waals surface area (Å²) in [5.41, 5.74) is 2.61. The van der Waals surface area contributed by atoms with Gasteiger partial charge in [-0.3, -0.25) is 9.78 Å². The Labute approximate surface area is 125 Å². The molecular formula is C18H20N2O. The van der Waals surface area contributed by atoms with Gasteiger partial charge in [0.1, 0.15) is 0 Å². The van der Waals surface area contributed by atoms with E-state index >= 15 is 0 Å². The number of hydrogen-bond donors (Lipinski definition) is 1. The highest BCUT2D eigenvalue weighted by molar-refractivity contribution is 5.94. The van der Waals surface area contributed by atoms with Crippen molar-refractivity contribution < 1.29 is 4.79 Å². The number of benzene rings is 1. The van der Waals surface area contributed by atoms with Crippen molar-refractivity contribution in [2.45, 2.75) is 20.4 Å². The smallest absolute Gasteiger partial charge is 0.251 e. The fourth-order valence-corrected chi connectivity index (χ4v) is 1.82. The van der Waals surface area contributed by atoms with Gasteiger partial charge in [-0.15, -0.1) is 0 Å². The van der Waals surface area contributed by atoms with Gasteiger partial charge in [-0.05, 0) is 35.7 Å². The van der Waals surface area contributed by atoms with Crippen LogP contribution in [0.15, 0.2) is 54.7 Å². The highest BCUT2D eigenvalue weighted by Gasteiger charge is 2.04. The molecule has 0 unspecified atom stereocenters. The van der Waals surface area contributed by atoms with Crippen molar-refractivity contribution >= 4 is 12.0 Å². The largest absolute Gasteiger partial charge is 0.346 e. The summed E-state index contributed by atoms with van der Waals surface area (Å²) in [5.74, 6) is 0.436. The van der Waals surface area contributed by atoms with Gasteiger partial charge in [0.05, 0.1) is 12.2 Å². The van der Waals surface area contributed by atoms with Gasteiger partial charge in [-0.2, -0.15) is 0 Å². The van der Waals surface area contributed by atoms with E-state index < -0.39 is 0 Å². The standard InChI is InChI=1S/C18H20N2O/c1-14(2)6-7-15-8-10-16(11-9-15)18(21)20-13-17-5-3-4-12-19-17/h3-12,14H,13H2,1-2H3,(H,20,21)/b7-6+. The molecule has 1 heterocycles. The first kappa shape index (κ1) is 15.0. The molecule has 0 spiro atoms. The third-order valence-electron chi connectivity index (χ3n) is 3.00. The van der Waals surface area contributed by atoms with Crippen molar-refractivity contribution in [3.05, 3.63) is 71.6 Å². The topological polar surface area (TPSA) is 42.0 Å². The Hall–Kier alpha value is -2.42. The number of pyridine rings is 1. The Morgan fingerprint density at radius 3 is 2.57 bits per heavy atom. The molecular weight excluding hydrogens is 260 g/mol. The van der Waals surface area contributed by atoms with Crippen LogP contribution < -0.4 is 5.32 Å². The quantitative estimate of drug-likeness (QED) is 0.907. The number of nitrogens with one attached hydrogen (secondary N) is 1. The van der Waals surface area contributed by atoms with Crippen LogP contribution in [-0.4, -0.2) is 10.9 Å². The Bertz CT molecular complexity index is 601. The van der Waals surface area contributed by atoms with E-state index in [1.54, 1.807) is 6.20 Å². The summed E-state index contributed by atoms with van der Waals surface area (Å²) in [5, 5.41) is 2.87. The molecule has 1 aromatic carbocycles. The number of amides is 1. The molecule has 0 radical (unpaired) electrons. The third-order valence-corrected chi connectivity index (χ3v) is 3.00. The molecule has 0 saturated carbocycles. The predicted molar refractivity (Wildman–Crippen MR) is 85.7 cm³/mol. The van der Waals surface area contributed by atoms with E-state index in [2.05, 4.69) is 36.3 Å². The average Bonchev–Trinajstić information content (AvgIpc) is 2.52. The lowest BCUT2D eigenvalue weighted by molar-refractivity contribution is 0.0950. The van der Waals surface area contributed by atoms with Crippen molar-refractivity contribution in [1.29, 1.82) is 0 Å². The minimum atomic E-state index is -0.0833. The highest BCUT2D eigenvalue weighted by Crippen LogP contribution is 2.08. The molecule has 1 N–H and O–H groups in total. The molecule has 0 bridgehead atoms. The zero-order valence-corrected chi connectivity index (χ0v) is 12.4. The maximum atomic E-state index is 12.0. The van der Waals surface area contributed by atoms with E-state index in [0.717, 1.165) is 11.3 Å². The van der Waals surface area contributed by atoms with Gasteiger partial charge in [0.15, 0.2) is 0 Å². The van der Waals surface area contributed by atoms with E-state index in [1.165, 1.54) is 0 Å². The summed E-state index contributed by atoms with van der Waals surface area (Å²) in [6, 6.07) is 13.2. The molecule has 21 heavy (non-hydrogen) atoms. The van der Waals surface area contributed by atoms with Gasteiger partial charge >= 0.3 is 0 Å². The average molecular weight is 280 g/mol. The number of hydrogen-bond acceptors (Lipinski definition) is 2. The Kier molecular flexibility index (Phi) is 5.27. The zero-order valence-electron chi connectivity index (χ0n) is 12.4. The van der Waals surface area contributed by atoms with Gasteiger partial charge in [-0.1, -0.05) is 44.2 Å². The van der Waals surface area contributed by atoms with Gasteiger partial charge < -0.3 is 5.32 Å². The first-order valence-electron chi connectivity index (χ1n) is 7.11. The summed E-state index contributed by atoms with van der Waals surface area (Å²) in [6.07, 6.45) is 5.92. The Morgan fingerprint density at radius 1 is 1.19 bits per heavy atom. The Balaban J connectivity index is 1.94. The molecule has 0 atom stereocenters. The molecule has 3 nitrogen and oxygen atoms in total. The van der Waals surface area contributed by atoms with Crippen LogP contribution in [0.25, 0.3) is 6.08 Å². The molecule has 3 heteroatoms. The molecule has 0 aliphatic heterocycles. The SMILES string of the molecule is CC(C)/C=C/c1ccc(C(=O)NCc2ccccn2)cc1. The summed E-state index contributed by atoms with van der Waals surface area (Å²) in [4.78, 5) is 16.2. The van der Waals surface area contributed by atoms with Crippen LogP contribution in [0.2, 0.25) is 0 Å². The molecule has 1 amide bonds. The lowest BCUT2D eigenvalue weighted by atomic mass is 10.1. The fraction of sp³-hybridized carbons (Fsp3) is 0.222. The number of aromatic nitrogens is 1. The number of carbonyl (C=O) groups excluding carboxylic acids is 1. The number of carbonyl (C=O) groups is 1. The second-order valence-electron chi connectivity index (χ2n) is 5.23. The van der Waals surface area contributed by atoms with Gasteiger partial charge in [0, 0.05) is 11.8 Å². The van der Waals surface area contributed by atoms with Crippen LogP contribution >= 0.6 is 0 Å². The maximum Gasteiger partial charge on any atom is 0.251 e. The molecule has 0 aliphatic rings. The van der Waals surface area contributed by atoms with Crippen LogP contribution in [-0.2, 0) is 6.54 Å². The van der Waals surface area contributed by atoms with Gasteiger partial charge in [0.25, 0.3) is 5.91 Å². The number of rotatable bonds is 5. The molecule has 2 aromatic rings. The monoisotopic (exact) mass is 280 g/mol. The van der Waals surface area contributed by atoms with Crippen LogP contribution in [0.3, 0.4) is 0 Å². The minimum absolute atomic E-state index is 0.0833. The van der Waals surface area contributed by atoms with Crippen LogP contribution in [0, 0.1) is 5.92 Å². The van der Waals surface area contributed by atoms with Crippen molar-refractivity contribution in [1.82, 2.24) is 10.3 Å². The number of nitrogens with zero attached hydrogens (tertiary/aromatic N) is 1. The second kappa shape index (κ2) is 7.39. The zero-order chi connectivity index (χ0) is 15.1. The van der Waals surface area contributed by atoms with E-state index in [0.29, 0.717) is 18.0 Å². The van der Waals surface area contributed by atoms with Crippen LogP contribution in [0.1, 0.15) is 35.5 Å². The van der Waals surface area contributed by atoms with E-state index in [1.807, 2.05) is 42.5 Å². The van der Waals surface area contributed by atoms with Gasteiger partial charge in [-0.25, -0.2) is 0 Å². The second-order valence-corrected chi connectivity index (χ2v) is 5.23. The summed E-state index contributed by atoms with van der Waals surface area (Å²) >= 11 is 0. The van der Waals surface area contributed by atoms with Crippen molar-refractivity contribution in [3.8, 4) is 0 Å². The molecule has 0 aliphatic carbocycles. The van der Waals surface area contributed by atoms with Gasteiger partial charge in [0.2, 0.25) is 0 Å². The summed E-state index contributed by atoms with van der Waals surface area (Å²) < 4.78 is 0.